The molecule has 192 valence electrons. The van der Waals surface area contributed by atoms with Crippen molar-refractivity contribution >= 4 is 29.0 Å². The number of ether oxygens (including phenoxy) is 3. The molecule has 4 rings (SSSR count). The average Bonchev–Trinajstić information content (AvgIpc) is 3.15. The first-order chi connectivity index (χ1) is 17.9. The van der Waals surface area contributed by atoms with Crippen LogP contribution in [0.2, 0.25) is 0 Å². The summed E-state index contributed by atoms with van der Waals surface area (Å²) in [4.78, 5) is 27.2. The highest BCUT2D eigenvalue weighted by Crippen LogP contribution is 2.35. The topological polar surface area (TPSA) is 65.1 Å². The fraction of sp³-hybridized carbons (Fsp3) is 0.267. The van der Waals surface area contributed by atoms with Gasteiger partial charge in [-0.1, -0.05) is 62.4 Å². The number of carbonyl (C=O) groups excluding carboxylic acids is 2. The van der Waals surface area contributed by atoms with Gasteiger partial charge in [-0.2, -0.15) is 0 Å². The van der Waals surface area contributed by atoms with Crippen LogP contribution in [0.25, 0.3) is 6.08 Å². The molecule has 3 aromatic carbocycles. The molecule has 0 atom stereocenters. The Morgan fingerprint density at radius 3 is 2.43 bits per heavy atom. The molecule has 0 saturated carbocycles. The molecule has 0 bridgehead atoms. The fourth-order valence-corrected chi connectivity index (χ4v) is 4.83. The van der Waals surface area contributed by atoms with Crippen molar-refractivity contribution in [1.82, 2.24) is 4.90 Å². The lowest BCUT2D eigenvalue weighted by Crippen LogP contribution is -2.32. The molecule has 0 spiro atoms. The van der Waals surface area contributed by atoms with Crippen molar-refractivity contribution in [1.29, 1.82) is 0 Å². The third-order valence-corrected chi connectivity index (χ3v) is 6.87. The van der Waals surface area contributed by atoms with Gasteiger partial charge in [-0.3, -0.25) is 14.5 Å². The highest BCUT2D eigenvalue weighted by molar-refractivity contribution is 8.18. The molecule has 1 aliphatic rings. The number of amides is 2. The predicted molar refractivity (Wildman–Crippen MR) is 147 cm³/mol. The first-order valence-corrected chi connectivity index (χ1v) is 13.0. The minimum atomic E-state index is -0.325. The molecule has 0 unspecified atom stereocenters. The minimum absolute atomic E-state index is 0.182. The number of thioether (sulfide) groups is 1. The maximum atomic E-state index is 13.0. The summed E-state index contributed by atoms with van der Waals surface area (Å²) >= 11 is 0.930. The van der Waals surface area contributed by atoms with Gasteiger partial charge in [0.2, 0.25) is 0 Å². The first-order valence-electron chi connectivity index (χ1n) is 12.2. The van der Waals surface area contributed by atoms with Crippen LogP contribution in [0, 0.1) is 6.92 Å². The van der Waals surface area contributed by atoms with Gasteiger partial charge in [-0.15, -0.1) is 0 Å². The summed E-state index contributed by atoms with van der Waals surface area (Å²) in [5, 5.41) is -0.303. The van der Waals surface area contributed by atoms with Crippen molar-refractivity contribution in [2.45, 2.75) is 33.3 Å². The zero-order chi connectivity index (χ0) is 26.4. The van der Waals surface area contributed by atoms with E-state index in [0.717, 1.165) is 39.8 Å². The van der Waals surface area contributed by atoms with Gasteiger partial charge in [0.25, 0.3) is 11.1 Å². The molecule has 1 heterocycles. The molecule has 0 aliphatic carbocycles. The van der Waals surface area contributed by atoms with Crippen molar-refractivity contribution in [3.63, 3.8) is 0 Å². The molecule has 3 aromatic rings. The first kappa shape index (κ1) is 26.4. The van der Waals surface area contributed by atoms with E-state index in [1.165, 1.54) is 4.90 Å². The molecule has 1 saturated heterocycles. The van der Waals surface area contributed by atoms with Crippen molar-refractivity contribution in [3.8, 4) is 17.2 Å². The van der Waals surface area contributed by atoms with E-state index in [9.17, 15) is 9.59 Å². The highest BCUT2D eigenvalue weighted by Gasteiger charge is 2.35. The molecular weight excluding hydrogens is 486 g/mol. The molecule has 6 nitrogen and oxygen atoms in total. The van der Waals surface area contributed by atoms with Crippen LogP contribution in [0.4, 0.5) is 4.79 Å². The lowest BCUT2D eigenvalue weighted by Gasteiger charge is -2.17. The molecule has 1 aliphatic heterocycles. The number of rotatable bonds is 10. The molecule has 0 aromatic heterocycles. The molecule has 7 heteroatoms. The zero-order valence-electron chi connectivity index (χ0n) is 21.5. The number of methoxy groups -OCH3 is 1. The molecular formula is C30H31NO5S. The average molecular weight is 518 g/mol. The van der Waals surface area contributed by atoms with Crippen molar-refractivity contribution < 1.29 is 23.8 Å². The largest absolute Gasteiger partial charge is 0.493 e. The lowest BCUT2D eigenvalue weighted by atomic mass is 10.0. The Morgan fingerprint density at radius 1 is 0.919 bits per heavy atom. The van der Waals surface area contributed by atoms with Crippen molar-refractivity contribution in [2.24, 2.45) is 0 Å². The van der Waals surface area contributed by atoms with Gasteiger partial charge in [0, 0.05) is 0 Å². The monoisotopic (exact) mass is 517 g/mol. The van der Waals surface area contributed by atoms with Gasteiger partial charge in [0.1, 0.15) is 19.0 Å². The zero-order valence-corrected chi connectivity index (χ0v) is 22.3. The number of aryl methyl sites for hydroxylation is 1. The van der Waals surface area contributed by atoms with Crippen LogP contribution in [0.15, 0.2) is 71.6 Å². The third kappa shape index (κ3) is 6.54. The Balaban J connectivity index is 1.43. The number of imide groups is 1. The van der Waals surface area contributed by atoms with E-state index >= 15 is 0 Å². The van der Waals surface area contributed by atoms with E-state index in [-0.39, 0.29) is 24.3 Å². The second-order valence-corrected chi connectivity index (χ2v) is 10.1. The summed E-state index contributed by atoms with van der Waals surface area (Å²) in [6.45, 7) is 7.02. The Labute approximate surface area is 222 Å². The summed E-state index contributed by atoms with van der Waals surface area (Å²) in [7, 11) is 1.58. The van der Waals surface area contributed by atoms with Crippen LogP contribution in [0.5, 0.6) is 17.2 Å². The van der Waals surface area contributed by atoms with Crippen LogP contribution >= 0.6 is 11.8 Å². The Morgan fingerprint density at radius 2 is 1.70 bits per heavy atom. The lowest BCUT2D eigenvalue weighted by molar-refractivity contribution is -0.123. The normalized spacial score (nSPS) is 14.5. The number of benzene rings is 3. The Hall–Kier alpha value is -3.71. The number of hydrogen-bond acceptors (Lipinski definition) is 6. The van der Waals surface area contributed by atoms with Crippen LogP contribution in [0.3, 0.4) is 0 Å². The minimum Gasteiger partial charge on any atom is -0.493 e. The summed E-state index contributed by atoms with van der Waals surface area (Å²) in [5.74, 6) is 1.93. The van der Waals surface area contributed by atoms with Gasteiger partial charge in [-0.05, 0) is 71.1 Å². The predicted octanol–water partition coefficient (Wildman–Crippen LogP) is 6.82. The van der Waals surface area contributed by atoms with Crippen LogP contribution in [0.1, 0.15) is 42.0 Å². The van der Waals surface area contributed by atoms with Gasteiger partial charge in [-0.25, -0.2) is 0 Å². The summed E-state index contributed by atoms with van der Waals surface area (Å²) in [5.41, 5.74) is 3.97. The van der Waals surface area contributed by atoms with Crippen LogP contribution in [-0.4, -0.2) is 36.3 Å². The van der Waals surface area contributed by atoms with Crippen LogP contribution < -0.4 is 14.2 Å². The van der Waals surface area contributed by atoms with Gasteiger partial charge < -0.3 is 14.2 Å². The number of nitrogens with zero attached hydrogens (tertiary/aromatic N) is 1. The van der Waals surface area contributed by atoms with Gasteiger partial charge >= 0.3 is 0 Å². The molecule has 2 amide bonds. The SMILES string of the molecule is COc1ccc(/C=C2\SC(=O)N(CCOc3cc(C)ccc3C(C)C)C2=O)cc1OCc1ccccc1. The Bertz CT molecular complexity index is 1300. The quantitative estimate of drug-likeness (QED) is 0.275. The van der Waals surface area contributed by atoms with E-state index < -0.39 is 0 Å². The molecule has 1 fully saturated rings. The Kier molecular flexibility index (Phi) is 8.56. The van der Waals surface area contributed by atoms with Gasteiger partial charge in [0.05, 0.1) is 18.6 Å². The van der Waals surface area contributed by atoms with E-state index in [1.54, 1.807) is 19.3 Å². The molecule has 0 N–H and O–H groups in total. The number of hydrogen-bond donors (Lipinski definition) is 0. The number of carbonyl (C=O) groups is 2. The van der Waals surface area contributed by atoms with Crippen molar-refractivity contribution in [3.05, 3.63) is 93.9 Å². The van der Waals surface area contributed by atoms with Crippen molar-refractivity contribution in [2.75, 3.05) is 20.3 Å². The molecule has 0 radical (unpaired) electrons. The smallest absolute Gasteiger partial charge is 0.293 e. The maximum absolute atomic E-state index is 13.0. The molecule has 37 heavy (non-hydrogen) atoms. The van der Waals surface area contributed by atoms with Gasteiger partial charge in [0.15, 0.2) is 11.5 Å². The van der Waals surface area contributed by atoms with E-state index in [1.807, 2.05) is 55.5 Å². The van der Waals surface area contributed by atoms with E-state index in [4.69, 9.17) is 14.2 Å². The third-order valence-electron chi connectivity index (χ3n) is 5.96. The second-order valence-electron chi connectivity index (χ2n) is 9.06. The van der Waals surface area contributed by atoms with E-state index in [0.29, 0.717) is 28.9 Å². The maximum Gasteiger partial charge on any atom is 0.293 e. The van der Waals surface area contributed by atoms with Crippen LogP contribution in [-0.2, 0) is 11.4 Å². The fourth-order valence-electron chi connectivity index (χ4n) is 3.97. The summed E-state index contributed by atoms with van der Waals surface area (Å²) in [6, 6.07) is 21.4. The van der Waals surface area contributed by atoms with E-state index in [2.05, 4.69) is 26.0 Å². The highest BCUT2D eigenvalue weighted by atomic mass is 32.2. The summed E-state index contributed by atoms with van der Waals surface area (Å²) < 4.78 is 17.4. The summed E-state index contributed by atoms with van der Waals surface area (Å²) in [6.07, 6.45) is 1.71. The standard InChI is InChI=1S/C30H31NO5S/c1-20(2)24-12-10-21(3)16-26(24)35-15-14-31-29(32)28(37-30(31)33)18-23-11-13-25(34-4)27(17-23)36-19-22-8-6-5-7-9-22/h5-13,16-18,20H,14-15,19H2,1-4H3/b28-18-. The second kappa shape index (κ2) is 12.0.